The Labute approximate surface area is 152 Å². The summed E-state index contributed by atoms with van der Waals surface area (Å²) in [7, 11) is 0. The summed E-state index contributed by atoms with van der Waals surface area (Å²) in [4.78, 5) is 16.9. The minimum Gasteiger partial charge on any atom is -0.386 e. The molecule has 1 heterocycles. The molecule has 0 aliphatic heterocycles. The molecule has 2 aromatic rings. The van der Waals surface area contributed by atoms with Gasteiger partial charge in [-0.3, -0.25) is 9.78 Å². The quantitative estimate of drug-likeness (QED) is 0.613. The standard InChI is InChI=1S/C14H12BrNO2S.Na/c15-10-4-5-12-11(8-10)13(6-7-16-12)19-18-14(17)9-2-1-3-9;/h4-9H,1-3H2;. The van der Waals surface area contributed by atoms with Gasteiger partial charge >= 0.3 is 5.97 Å². The molecule has 1 aliphatic carbocycles. The molecular weight excluding hydrogens is 349 g/mol. The molecule has 6 heteroatoms. The number of carbonyl (C=O) groups excluding carboxylic acids is 1. The Morgan fingerprint density at radius 1 is 1.35 bits per heavy atom. The molecule has 3 nitrogen and oxygen atoms in total. The Bertz CT molecular complexity index is 634. The van der Waals surface area contributed by atoms with Crippen molar-refractivity contribution in [3.63, 3.8) is 0 Å². The van der Waals surface area contributed by atoms with Crippen LogP contribution in [0.15, 0.2) is 39.8 Å². The number of rotatable bonds is 3. The summed E-state index contributed by atoms with van der Waals surface area (Å²) < 4.78 is 6.30. The molecule has 1 radical (unpaired) electrons. The van der Waals surface area contributed by atoms with E-state index in [4.69, 9.17) is 4.18 Å². The maximum atomic E-state index is 11.7. The molecule has 0 spiro atoms. The number of aromatic nitrogens is 1. The van der Waals surface area contributed by atoms with E-state index in [2.05, 4.69) is 20.9 Å². The second kappa shape index (κ2) is 7.27. The van der Waals surface area contributed by atoms with Crippen LogP contribution in [0.3, 0.4) is 0 Å². The zero-order valence-electron chi connectivity index (χ0n) is 11.1. The van der Waals surface area contributed by atoms with Crippen molar-refractivity contribution >= 4 is 74.4 Å². The Balaban J connectivity index is 0.00000147. The van der Waals surface area contributed by atoms with Crippen LogP contribution in [0.2, 0.25) is 0 Å². The van der Waals surface area contributed by atoms with E-state index in [1.807, 2.05) is 24.3 Å². The Morgan fingerprint density at radius 3 is 2.85 bits per heavy atom. The van der Waals surface area contributed by atoms with Crippen molar-refractivity contribution in [3.05, 3.63) is 34.9 Å². The molecule has 0 saturated heterocycles. The molecule has 20 heavy (non-hydrogen) atoms. The molecule has 0 bridgehead atoms. The summed E-state index contributed by atoms with van der Waals surface area (Å²) in [6.45, 7) is 0. The number of hydrogen-bond donors (Lipinski definition) is 0. The average Bonchev–Trinajstić information content (AvgIpc) is 2.34. The SMILES string of the molecule is O=C(OSc1ccnc2ccc(Br)cc12)C1CCC1.[Na]. The first-order valence-electron chi connectivity index (χ1n) is 6.17. The van der Waals surface area contributed by atoms with E-state index >= 15 is 0 Å². The zero-order chi connectivity index (χ0) is 13.2. The molecule has 0 unspecified atom stereocenters. The molecule has 1 aromatic heterocycles. The molecule has 3 rings (SSSR count). The van der Waals surface area contributed by atoms with E-state index in [1.54, 1.807) is 6.20 Å². The van der Waals surface area contributed by atoms with E-state index in [0.29, 0.717) is 0 Å². The fraction of sp³-hybridized carbons (Fsp3) is 0.286. The van der Waals surface area contributed by atoms with Crippen LogP contribution in [0.5, 0.6) is 0 Å². The van der Waals surface area contributed by atoms with Gasteiger partial charge in [-0.05, 0) is 37.1 Å². The Morgan fingerprint density at radius 2 is 2.15 bits per heavy atom. The van der Waals surface area contributed by atoms with Crippen LogP contribution in [0, 0.1) is 5.92 Å². The van der Waals surface area contributed by atoms with Gasteiger partial charge in [0.2, 0.25) is 0 Å². The topological polar surface area (TPSA) is 39.2 Å². The summed E-state index contributed by atoms with van der Waals surface area (Å²) in [6.07, 6.45) is 4.79. The first-order chi connectivity index (χ1) is 9.24. The zero-order valence-corrected chi connectivity index (χ0v) is 15.5. The fourth-order valence-electron chi connectivity index (χ4n) is 1.96. The normalized spacial score (nSPS) is 14.4. The van der Waals surface area contributed by atoms with Crippen molar-refractivity contribution < 1.29 is 8.98 Å². The number of nitrogens with zero attached hydrogens (tertiary/aromatic N) is 1. The summed E-state index contributed by atoms with van der Waals surface area (Å²) in [5, 5.41) is 0.989. The third kappa shape index (κ3) is 3.57. The third-order valence-corrected chi connectivity index (χ3v) is 4.59. The van der Waals surface area contributed by atoms with Crippen molar-refractivity contribution in [3.8, 4) is 0 Å². The van der Waals surface area contributed by atoms with Crippen molar-refractivity contribution in [2.75, 3.05) is 0 Å². The van der Waals surface area contributed by atoms with Crippen LogP contribution >= 0.6 is 28.0 Å². The molecule has 1 aliphatic rings. The van der Waals surface area contributed by atoms with Gasteiger partial charge < -0.3 is 4.18 Å². The minimum atomic E-state index is -0.101. The predicted molar refractivity (Wildman–Crippen MR) is 84.5 cm³/mol. The van der Waals surface area contributed by atoms with Gasteiger partial charge in [-0.15, -0.1) is 0 Å². The smallest absolute Gasteiger partial charge is 0.321 e. The van der Waals surface area contributed by atoms with Crippen LogP contribution in [-0.4, -0.2) is 40.5 Å². The molecule has 1 saturated carbocycles. The van der Waals surface area contributed by atoms with Crippen LogP contribution < -0.4 is 0 Å². The van der Waals surface area contributed by atoms with Crippen LogP contribution in [-0.2, 0) is 8.98 Å². The Kier molecular flexibility index (Phi) is 5.93. The molecule has 0 atom stereocenters. The van der Waals surface area contributed by atoms with Crippen molar-refractivity contribution in [1.29, 1.82) is 0 Å². The van der Waals surface area contributed by atoms with Gasteiger partial charge in [-0.2, -0.15) is 0 Å². The third-order valence-electron chi connectivity index (χ3n) is 3.32. The van der Waals surface area contributed by atoms with Crippen molar-refractivity contribution in [2.45, 2.75) is 24.2 Å². The van der Waals surface area contributed by atoms with E-state index < -0.39 is 0 Å². The predicted octanol–water partition coefficient (Wildman–Crippen LogP) is 3.97. The van der Waals surface area contributed by atoms with E-state index in [9.17, 15) is 4.79 Å². The van der Waals surface area contributed by atoms with Gasteiger partial charge in [-0.1, -0.05) is 22.4 Å². The molecule has 0 amide bonds. The molecule has 1 fully saturated rings. The maximum absolute atomic E-state index is 11.7. The largest absolute Gasteiger partial charge is 0.386 e. The van der Waals surface area contributed by atoms with Gasteiger partial charge in [0.15, 0.2) is 0 Å². The van der Waals surface area contributed by atoms with Gasteiger partial charge in [0.05, 0.1) is 28.4 Å². The molecule has 1 aromatic carbocycles. The summed E-state index contributed by atoms with van der Waals surface area (Å²) >= 11 is 4.58. The number of hydrogen-bond acceptors (Lipinski definition) is 4. The van der Waals surface area contributed by atoms with Gasteiger partial charge in [-0.25, -0.2) is 0 Å². The van der Waals surface area contributed by atoms with E-state index in [0.717, 1.165) is 51.6 Å². The summed E-state index contributed by atoms with van der Waals surface area (Å²) in [5.41, 5.74) is 0.896. The molecular formula is C14H12BrNNaO2S. The van der Waals surface area contributed by atoms with Gasteiger partial charge in [0.1, 0.15) is 0 Å². The monoisotopic (exact) mass is 360 g/mol. The number of pyridine rings is 1. The van der Waals surface area contributed by atoms with E-state index in [1.165, 1.54) is 0 Å². The number of fused-ring (bicyclic) bond motifs is 1. The van der Waals surface area contributed by atoms with Crippen molar-refractivity contribution in [1.82, 2.24) is 4.98 Å². The van der Waals surface area contributed by atoms with Crippen LogP contribution in [0.4, 0.5) is 0 Å². The van der Waals surface area contributed by atoms with Crippen LogP contribution in [0.1, 0.15) is 19.3 Å². The molecule has 0 N–H and O–H groups in total. The second-order valence-corrected chi connectivity index (χ2v) is 6.27. The summed E-state index contributed by atoms with van der Waals surface area (Å²) in [6, 6.07) is 7.75. The number of carbonyl (C=O) groups is 1. The Hall–Kier alpha value is -0.0700. The van der Waals surface area contributed by atoms with E-state index in [-0.39, 0.29) is 41.4 Å². The first-order valence-corrected chi connectivity index (χ1v) is 7.70. The first kappa shape index (κ1) is 16.3. The van der Waals surface area contributed by atoms with Gasteiger partial charge in [0, 0.05) is 45.6 Å². The van der Waals surface area contributed by atoms with Crippen LogP contribution in [0.25, 0.3) is 10.9 Å². The van der Waals surface area contributed by atoms with Gasteiger partial charge in [0.25, 0.3) is 0 Å². The summed E-state index contributed by atoms with van der Waals surface area (Å²) in [5.74, 6) is 0.00328. The number of benzene rings is 1. The molecule has 99 valence electrons. The average molecular weight is 361 g/mol. The maximum Gasteiger partial charge on any atom is 0.321 e. The van der Waals surface area contributed by atoms with Crippen molar-refractivity contribution in [2.24, 2.45) is 5.92 Å². The fourth-order valence-corrected chi connectivity index (χ4v) is 3.00. The second-order valence-electron chi connectivity index (χ2n) is 4.58. The number of halogens is 1. The minimum absolute atomic E-state index is 0.